The van der Waals surface area contributed by atoms with E-state index in [0.717, 1.165) is 25.7 Å². The highest BCUT2D eigenvalue weighted by molar-refractivity contribution is 5.81. The standard InChI is InChI=1S/C20H28FN3O2/c21-18-11-5-4-7-15(18)13-22-19(25)16-8-6-12-24(14-16)20(26)23-17-9-2-1-3-10-17/h4-5,7,11,16-17H,1-3,6,8-10,12-14H2,(H,22,25)(H,23,26)/t16-/m0/s1. The Morgan fingerprint density at radius 1 is 1.08 bits per heavy atom. The molecule has 2 aliphatic rings. The van der Waals surface area contributed by atoms with Crippen molar-refractivity contribution in [2.75, 3.05) is 13.1 Å². The Morgan fingerprint density at radius 3 is 2.62 bits per heavy atom. The van der Waals surface area contributed by atoms with Gasteiger partial charge >= 0.3 is 6.03 Å². The number of benzene rings is 1. The molecule has 5 nitrogen and oxygen atoms in total. The zero-order chi connectivity index (χ0) is 18.4. The fourth-order valence-corrected chi connectivity index (χ4v) is 3.86. The first-order valence-corrected chi connectivity index (χ1v) is 9.70. The van der Waals surface area contributed by atoms with Gasteiger partial charge in [-0.3, -0.25) is 4.79 Å². The van der Waals surface area contributed by atoms with Crippen molar-refractivity contribution in [2.45, 2.75) is 57.5 Å². The summed E-state index contributed by atoms with van der Waals surface area (Å²) in [4.78, 5) is 26.7. The monoisotopic (exact) mass is 361 g/mol. The van der Waals surface area contributed by atoms with Crippen LogP contribution >= 0.6 is 0 Å². The summed E-state index contributed by atoms with van der Waals surface area (Å²) in [6.07, 6.45) is 7.27. The topological polar surface area (TPSA) is 61.4 Å². The molecule has 1 saturated heterocycles. The summed E-state index contributed by atoms with van der Waals surface area (Å²) in [6.45, 7) is 1.30. The largest absolute Gasteiger partial charge is 0.352 e. The van der Waals surface area contributed by atoms with Crippen LogP contribution in [-0.4, -0.2) is 36.0 Å². The van der Waals surface area contributed by atoms with Gasteiger partial charge in [0.15, 0.2) is 0 Å². The first-order valence-electron chi connectivity index (χ1n) is 9.70. The first kappa shape index (κ1) is 18.7. The number of hydrogen-bond donors (Lipinski definition) is 2. The number of urea groups is 1. The smallest absolute Gasteiger partial charge is 0.317 e. The van der Waals surface area contributed by atoms with Crippen molar-refractivity contribution in [1.82, 2.24) is 15.5 Å². The van der Waals surface area contributed by atoms with Crippen molar-refractivity contribution in [3.05, 3.63) is 35.6 Å². The van der Waals surface area contributed by atoms with Crippen LogP contribution in [0.1, 0.15) is 50.5 Å². The highest BCUT2D eigenvalue weighted by Gasteiger charge is 2.29. The van der Waals surface area contributed by atoms with Crippen molar-refractivity contribution in [3.8, 4) is 0 Å². The number of rotatable bonds is 4. The molecule has 142 valence electrons. The quantitative estimate of drug-likeness (QED) is 0.865. The molecule has 1 saturated carbocycles. The number of carbonyl (C=O) groups is 2. The Morgan fingerprint density at radius 2 is 1.85 bits per heavy atom. The predicted octanol–water partition coefficient (Wildman–Crippen LogP) is 3.20. The highest BCUT2D eigenvalue weighted by Crippen LogP contribution is 2.20. The van der Waals surface area contributed by atoms with Crippen LogP contribution in [0.2, 0.25) is 0 Å². The van der Waals surface area contributed by atoms with Gasteiger partial charge in [-0.25, -0.2) is 9.18 Å². The van der Waals surface area contributed by atoms with Crippen LogP contribution in [0, 0.1) is 11.7 Å². The third-order valence-corrected chi connectivity index (χ3v) is 5.42. The van der Waals surface area contributed by atoms with Gasteiger partial charge in [-0.2, -0.15) is 0 Å². The number of hydrogen-bond acceptors (Lipinski definition) is 2. The molecule has 0 aromatic heterocycles. The molecular formula is C20H28FN3O2. The molecule has 0 radical (unpaired) electrons. The molecule has 1 aromatic carbocycles. The Balaban J connectivity index is 1.48. The lowest BCUT2D eigenvalue weighted by Crippen LogP contribution is -2.51. The minimum absolute atomic E-state index is 0.0523. The molecule has 0 spiro atoms. The van der Waals surface area contributed by atoms with Crippen LogP contribution in [0.3, 0.4) is 0 Å². The second kappa shape index (κ2) is 9.01. The van der Waals surface area contributed by atoms with E-state index in [2.05, 4.69) is 10.6 Å². The van der Waals surface area contributed by atoms with Gasteiger partial charge in [0, 0.05) is 31.2 Å². The van der Waals surface area contributed by atoms with Crippen LogP contribution in [0.4, 0.5) is 9.18 Å². The summed E-state index contributed by atoms with van der Waals surface area (Å²) < 4.78 is 13.7. The minimum atomic E-state index is -0.315. The summed E-state index contributed by atoms with van der Waals surface area (Å²) in [7, 11) is 0. The van der Waals surface area contributed by atoms with E-state index in [1.807, 2.05) is 0 Å². The molecule has 0 unspecified atom stereocenters. The maximum absolute atomic E-state index is 13.7. The molecule has 1 heterocycles. The molecule has 1 atom stereocenters. The number of nitrogens with one attached hydrogen (secondary N) is 2. The minimum Gasteiger partial charge on any atom is -0.352 e. The van der Waals surface area contributed by atoms with Crippen molar-refractivity contribution >= 4 is 11.9 Å². The predicted molar refractivity (Wildman–Crippen MR) is 97.9 cm³/mol. The van der Waals surface area contributed by atoms with Crippen LogP contribution in [0.15, 0.2) is 24.3 Å². The normalized spacial score (nSPS) is 21.3. The van der Waals surface area contributed by atoms with E-state index < -0.39 is 0 Å². The number of piperidine rings is 1. The molecule has 1 aliphatic carbocycles. The van der Waals surface area contributed by atoms with E-state index in [4.69, 9.17) is 0 Å². The van der Waals surface area contributed by atoms with Gasteiger partial charge in [0.05, 0.1) is 5.92 Å². The van der Waals surface area contributed by atoms with E-state index in [1.165, 1.54) is 25.3 Å². The van der Waals surface area contributed by atoms with E-state index in [0.29, 0.717) is 18.7 Å². The van der Waals surface area contributed by atoms with Gasteiger partial charge in [0.2, 0.25) is 5.91 Å². The van der Waals surface area contributed by atoms with Crippen LogP contribution < -0.4 is 10.6 Å². The van der Waals surface area contributed by atoms with E-state index >= 15 is 0 Å². The van der Waals surface area contributed by atoms with E-state index in [9.17, 15) is 14.0 Å². The number of likely N-dealkylation sites (tertiary alicyclic amines) is 1. The maximum atomic E-state index is 13.7. The highest BCUT2D eigenvalue weighted by atomic mass is 19.1. The lowest BCUT2D eigenvalue weighted by molar-refractivity contribution is -0.126. The SMILES string of the molecule is O=C(NCc1ccccc1F)[C@H]1CCCN(C(=O)NC2CCCCC2)C1. The Hall–Kier alpha value is -2.11. The van der Waals surface area contributed by atoms with Gasteiger partial charge in [0.1, 0.15) is 5.82 Å². The second-order valence-corrected chi connectivity index (χ2v) is 7.38. The van der Waals surface area contributed by atoms with Gasteiger partial charge in [-0.15, -0.1) is 0 Å². The summed E-state index contributed by atoms with van der Waals surface area (Å²) >= 11 is 0. The van der Waals surface area contributed by atoms with Gasteiger partial charge in [-0.05, 0) is 31.7 Å². The Labute approximate surface area is 154 Å². The average molecular weight is 361 g/mol. The maximum Gasteiger partial charge on any atom is 0.317 e. The van der Waals surface area contributed by atoms with Crippen molar-refractivity contribution < 1.29 is 14.0 Å². The molecule has 3 amide bonds. The lowest BCUT2D eigenvalue weighted by Gasteiger charge is -2.34. The second-order valence-electron chi connectivity index (χ2n) is 7.38. The number of halogens is 1. The number of nitrogens with zero attached hydrogens (tertiary/aromatic N) is 1. The van der Waals surface area contributed by atoms with Gasteiger partial charge in [0.25, 0.3) is 0 Å². The molecule has 0 bridgehead atoms. The Kier molecular flexibility index (Phi) is 6.47. The van der Waals surface area contributed by atoms with Crippen LogP contribution in [0.5, 0.6) is 0 Å². The molecule has 1 aliphatic heterocycles. The molecule has 26 heavy (non-hydrogen) atoms. The zero-order valence-electron chi connectivity index (χ0n) is 15.2. The molecule has 2 N–H and O–H groups in total. The summed E-state index contributed by atoms with van der Waals surface area (Å²) in [5.74, 6) is -0.652. The third kappa shape index (κ3) is 4.96. The van der Waals surface area contributed by atoms with Crippen molar-refractivity contribution in [1.29, 1.82) is 0 Å². The Bertz CT molecular complexity index is 631. The zero-order valence-corrected chi connectivity index (χ0v) is 15.2. The van der Waals surface area contributed by atoms with Gasteiger partial charge in [-0.1, -0.05) is 37.5 Å². The van der Waals surface area contributed by atoms with Crippen molar-refractivity contribution in [3.63, 3.8) is 0 Å². The van der Waals surface area contributed by atoms with Crippen LogP contribution in [-0.2, 0) is 11.3 Å². The third-order valence-electron chi connectivity index (χ3n) is 5.42. The van der Waals surface area contributed by atoms with E-state index in [-0.39, 0.29) is 36.3 Å². The number of carbonyl (C=O) groups excluding carboxylic acids is 2. The number of amides is 3. The fourth-order valence-electron chi connectivity index (χ4n) is 3.86. The fraction of sp³-hybridized carbons (Fsp3) is 0.600. The average Bonchev–Trinajstić information content (AvgIpc) is 2.68. The molecule has 3 rings (SSSR count). The summed E-state index contributed by atoms with van der Waals surface area (Å²) in [5, 5.41) is 5.93. The molecule has 6 heteroatoms. The van der Waals surface area contributed by atoms with Gasteiger partial charge < -0.3 is 15.5 Å². The van der Waals surface area contributed by atoms with Crippen LogP contribution in [0.25, 0.3) is 0 Å². The van der Waals surface area contributed by atoms with E-state index in [1.54, 1.807) is 23.1 Å². The van der Waals surface area contributed by atoms with Crippen molar-refractivity contribution in [2.24, 2.45) is 5.92 Å². The molecule has 2 fully saturated rings. The molecular weight excluding hydrogens is 333 g/mol. The summed E-state index contributed by atoms with van der Waals surface area (Å²) in [5.41, 5.74) is 0.476. The molecule has 1 aromatic rings. The summed E-state index contributed by atoms with van der Waals surface area (Å²) in [6, 6.07) is 6.66. The first-order chi connectivity index (χ1) is 12.6. The lowest BCUT2D eigenvalue weighted by atomic mass is 9.95.